The highest BCUT2D eigenvalue weighted by atomic mass is 16.4. The third-order valence-electron chi connectivity index (χ3n) is 6.30. The number of hydrogen-bond acceptors (Lipinski definition) is 4. The van der Waals surface area contributed by atoms with Crippen LogP contribution in [0.15, 0.2) is 18.3 Å². The van der Waals surface area contributed by atoms with Crippen molar-refractivity contribution in [2.24, 2.45) is 5.41 Å². The summed E-state index contributed by atoms with van der Waals surface area (Å²) in [7, 11) is 1.88. The number of aromatic nitrogens is 2. The number of carboxylic acid groups (broad SMARTS) is 1. The summed E-state index contributed by atoms with van der Waals surface area (Å²) in [6.45, 7) is 6.01. The zero-order valence-corrected chi connectivity index (χ0v) is 16.1. The van der Waals surface area contributed by atoms with Gasteiger partial charge in [-0.2, -0.15) is 0 Å². The van der Waals surface area contributed by atoms with Crippen LogP contribution in [0.25, 0.3) is 5.65 Å². The number of piperidine rings is 1. The minimum atomic E-state index is -0.746. The Balaban J connectivity index is 1.52. The number of nitrogens with zero attached hydrogens (tertiary/aromatic N) is 4. The molecular formula is C20H26N4O3. The van der Waals surface area contributed by atoms with Crippen LogP contribution >= 0.6 is 0 Å². The molecule has 0 aliphatic carbocycles. The Hall–Kier alpha value is -2.41. The number of carbonyl (C=O) groups excluding carboxylic acids is 1. The van der Waals surface area contributed by atoms with Crippen molar-refractivity contribution in [2.45, 2.75) is 39.2 Å². The predicted molar refractivity (Wildman–Crippen MR) is 101 cm³/mol. The highest BCUT2D eigenvalue weighted by Crippen LogP contribution is 2.43. The van der Waals surface area contributed by atoms with Gasteiger partial charge in [-0.15, -0.1) is 0 Å². The first-order valence-electron chi connectivity index (χ1n) is 9.47. The number of amides is 1. The zero-order chi connectivity index (χ0) is 19.3. The van der Waals surface area contributed by atoms with Crippen LogP contribution in [0.1, 0.15) is 41.0 Å². The number of pyridine rings is 1. The molecule has 144 valence electrons. The van der Waals surface area contributed by atoms with Gasteiger partial charge in [0.25, 0.3) is 5.91 Å². The molecule has 2 aliphatic rings. The summed E-state index contributed by atoms with van der Waals surface area (Å²) in [5.74, 6) is -0.732. The van der Waals surface area contributed by atoms with Crippen LogP contribution in [0, 0.1) is 19.3 Å². The van der Waals surface area contributed by atoms with E-state index in [-0.39, 0.29) is 11.3 Å². The number of aryl methyl sites for hydroxylation is 2. The number of hydrogen-bond donors (Lipinski definition) is 1. The van der Waals surface area contributed by atoms with Crippen molar-refractivity contribution in [3.05, 3.63) is 35.3 Å². The van der Waals surface area contributed by atoms with Crippen LogP contribution in [0.3, 0.4) is 0 Å². The Morgan fingerprint density at radius 1 is 1.26 bits per heavy atom. The predicted octanol–water partition coefficient (Wildman–Crippen LogP) is 1.96. The van der Waals surface area contributed by atoms with Crippen molar-refractivity contribution in [3.8, 4) is 0 Å². The molecular weight excluding hydrogens is 344 g/mol. The van der Waals surface area contributed by atoms with Crippen LogP contribution in [0.2, 0.25) is 0 Å². The number of imidazole rings is 1. The van der Waals surface area contributed by atoms with Crippen LogP contribution in [-0.2, 0) is 4.79 Å². The molecule has 1 atom stereocenters. The number of rotatable bonds is 2. The monoisotopic (exact) mass is 370 g/mol. The summed E-state index contributed by atoms with van der Waals surface area (Å²) in [5.41, 5.74) is 3.31. The van der Waals surface area contributed by atoms with E-state index >= 15 is 0 Å². The molecule has 4 heterocycles. The van der Waals surface area contributed by atoms with Crippen molar-refractivity contribution in [3.63, 3.8) is 0 Å². The van der Waals surface area contributed by atoms with Gasteiger partial charge in [0, 0.05) is 25.8 Å². The van der Waals surface area contributed by atoms with E-state index in [2.05, 4.69) is 4.98 Å². The molecule has 2 fully saturated rings. The molecule has 0 saturated carbocycles. The molecule has 7 nitrogen and oxygen atoms in total. The Kier molecular flexibility index (Phi) is 4.22. The van der Waals surface area contributed by atoms with E-state index in [1.165, 1.54) is 0 Å². The van der Waals surface area contributed by atoms with E-state index in [9.17, 15) is 14.7 Å². The standard InChI is InChI=1S/C20H26N4O3/c1-13-4-7-24-16(10-13)21-14(2)17(24)18(25)23-8-5-20(6-9-23)11-15(19(26)27)22(3)12-20/h4,7,10,15H,5-6,8-9,11-12H2,1-3H3,(H,26,27)/t15-/m0/s1. The molecule has 2 aromatic heterocycles. The lowest BCUT2D eigenvalue weighted by Gasteiger charge is -2.39. The summed E-state index contributed by atoms with van der Waals surface area (Å²) < 4.78 is 1.87. The molecule has 1 amide bonds. The third-order valence-corrected chi connectivity index (χ3v) is 6.30. The average molecular weight is 370 g/mol. The molecule has 1 spiro atoms. The molecule has 2 aliphatic heterocycles. The van der Waals surface area contributed by atoms with Crippen LogP contribution in [0.4, 0.5) is 0 Å². The third kappa shape index (κ3) is 3.00. The molecule has 1 N–H and O–H groups in total. The van der Waals surface area contributed by atoms with Gasteiger partial charge < -0.3 is 10.0 Å². The molecule has 0 bridgehead atoms. The normalized spacial score (nSPS) is 22.6. The van der Waals surface area contributed by atoms with Crippen LogP contribution < -0.4 is 0 Å². The maximum atomic E-state index is 13.2. The molecule has 7 heteroatoms. The van der Waals surface area contributed by atoms with Gasteiger partial charge >= 0.3 is 5.97 Å². The first-order chi connectivity index (χ1) is 12.8. The molecule has 0 aromatic carbocycles. The smallest absolute Gasteiger partial charge is 0.320 e. The largest absolute Gasteiger partial charge is 0.480 e. The second kappa shape index (κ2) is 6.34. The van der Waals surface area contributed by atoms with Crippen molar-refractivity contribution < 1.29 is 14.7 Å². The second-order valence-electron chi connectivity index (χ2n) is 8.24. The molecule has 0 unspecified atom stereocenters. The van der Waals surface area contributed by atoms with Gasteiger partial charge in [-0.05, 0) is 63.3 Å². The number of likely N-dealkylation sites (tertiary alicyclic amines) is 2. The zero-order valence-electron chi connectivity index (χ0n) is 16.1. The van der Waals surface area contributed by atoms with E-state index in [0.717, 1.165) is 36.3 Å². The first-order valence-corrected chi connectivity index (χ1v) is 9.47. The summed E-state index contributed by atoms with van der Waals surface area (Å²) in [6.07, 6.45) is 4.28. The van der Waals surface area contributed by atoms with Crippen LogP contribution in [0.5, 0.6) is 0 Å². The second-order valence-corrected chi connectivity index (χ2v) is 8.24. The van der Waals surface area contributed by atoms with Gasteiger partial charge in [0.15, 0.2) is 0 Å². The lowest BCUT2D eigenvalue weighted by atomic mass is 9.76. The maximum Gasteiger partial charge on any atom is 0.320 e. The van der Waals surface area contributed by atoms with Gasteiger partial charge in [-0.25, -0.2) is 4.98 Å². The fourth-order valence-corrected chi connectivity index (χ4v) is 4.76. The Morgan fingerprint density at radius 3 is 2.59 bits per heavy atom. The van der Waals surface area contributed by atoms with Crippen molar-refractivity contribution >= 4 is 17.5 Å². The van der Waals surface area contributed by atoms with Crippen molar-refractivity contribution in [1.29, 1.82) is 0 Å². The average Bonchev–Trinajstić information content (AvgIpc) is 3.11. The number of carboxylic acids is 1. The number of likely N-dealkylation sites (N-methyl/N-ethyl adjacent to an activating group) is 1. The number of carbonyl (C=O) groups is 2. The van der Waals surface area contributed by atoms with E-state index in [1.54, 1.807) is 0 Å². The van der Waals surface area contributed by atoms with Gasteiger partial charge in [-0.1, -0.05) is 0 Å². The fourth-order valence-electron chi connectivity index (χ4n) is 4.76. The first kappa shape index (κ1) is 18.0. The molecule has 0 radical (unpaired) electrons. The topological polar surface area (TPSA) is 78.1 Å². The van der Waals surface area contributed by atoms with Gasteiger partial charge in [0.1, 0.15) is 17.4 Å². The summed E-state index contributed by atoms with van der Waals surface area (Å²) in [5, 5.41) is 9.40. The lowest BCUT2D eigenvalue weighted by molar-refractivity contribution is -0.141. The maximum absolute atomic E-state index is 13.2. The molecule has 27 heavy (non-hydrogen) atoms. The van der Waals surface area contributed by atoms with Gasteiger partial charge in [0.05, 0.1) is 5.69 Å². The van der Waals surface area contributed by atoms with Crippen molar-refractivity contribution in [2.75, 3.05) is 26.7 Å². The quantitative estimate of drug-likeness (QED) is 0.874. The number of fused-ring (bicyclic) bond motifs is 1. The summed E-state index contributed by atoms with van der Waals surface area (Å²) in [6, 6.07) is 3.56. The number of aliphatic carboxylic acids is 1. The fraction of sp³-hybridized carbons (Fsp3) is 0.550. The summed E-state index contributed by atoms with van der Waals surface area (Å²) >= 11 is 0. The van der Waals surface area contributed by atoms with Gasteiger partial charge in [0.2, 0.25) is 0 Å². The Bertz CT molecular complexity index is 911. The minimum absolute atomic E-state index is 0.0137. The van der Waals surface area contributed by atoms with Gasteiger partial charge in [-0.3, -0.25) is 18.9 Å². The lowest BCUT2D eigenvalue weighted by Crippen LogP contribution is -2.44. The highest BCUT2D eigenvalue weighted by molar-refractivity contribution is 5.94. The van der Waals surface area contributed by atoms with E-state index in [1.807, 2.05) is 53.4 Å². The van der Waals surface area contributed by atoms with E-state index < -0.39 is 12.0 Å². The molecule has 2 aromatic rings. The minimum Gasteiger partial charge on any atom is -0.480 e. The molecule has 4 rings (SSSR count). The van der Waals surface area contributed by atoms with E-state index in [0.29, 0.717) is 25.2 Å². The Morgan fingerprint density at radius 2 is 1.96 bits per heavy atom. The SMILES string of the molecule is Cc1ccn2c(C(=O)N3CCC4(CC3)C[C@@H](C(=O)O)N(C)C4)c(C)nc2c1. The molecule has 2 saturated heterocycles. The Labute approximate surface area is 158 Å². The summed E-state index contributed by atoms with van der Waals surface area (Å²) in [4.78, 5) is 33.0. The highest BCUT2D eigenvalue weighted by Gasteiger charge is 2.47. The van der Waals surface area contributed by atoms with Crippen molar-refractivity contribution in [1.82, 2.24) is 19.2 Å². The van der Waals surface area contributed by atoms with E-state index in [4.69, 9.17) is 0 Å². The van der Waals surface area contributed by atoms with Crippen LogP contribution in [-0.4, -0.2) is 68.9 Å².